The Kier molecular flexibility index (Phi) is 4.17. The highest BCUT2D eigenvalue weighted by Crippen LogP contribution is 2.34. The molecule has 0 spiro atoms. The average Bonchev–Trinajstić information content (AvgIpc) is 3.09. The van der Waals surface area contributed by atoms with Crippen molar-refractivity contribution in [1.82, 2.24) is 5.32 Å². The average molecular weight is 364 g/mol. The molecule has 140 valence electrons. The lowest BCUT2D eigenvalue weighted by Gasteiger charge is -2.31. The summed E-state index contributed by atoms with van der Waals surface area (Å²) in [6.45, 7) is 5.41. The molecule has 0 saturated carbocycles. The van der Waals surface area contributed by atoms with Crippen molar-refractivity contribution in [3.8, 4) is 5.75 Å². The Bertz CT molecular complexity index is 933. The van der Waals surface area contributed by atoms with Gasteiger partial charge in [-0.05, 0) is 74.9 Å². The van der Waals surface area contributed by atoms with Crippen LogP contribution in [0.25, 0.3) is 0 Å². The van der Waals surface area contributed by atoms with Crippen molar-refractivity contribution in [1.29, 1.82) is 0 Å². The van der Waals surface area contributed by atoms with Crippen molar-refractivity contribution in [2.75, 3.05) is 5.32 Å². The molecule has 5 heteroatoms. The fourth-order valence-electron chi connectivity index (χ4n) is 3.68. The minimum absolute atomic E-state index is 0.0933. The molecule has 2 aromatic carbocycles. The number of benzene rings is 2. The van der Waals surface area contributed by atoms with E-state index in [1.54, 1.807) is 32.0 Å². The van der Waals surface area contributed by atoms with Gasteiger partial charge in [0.15, 0.2) is 5.60 Å². The first-order valence-corrected chi connectivity index (χ1v) is 9.40. The van der Waals surface area contributed by atoms with Gasteiger partial charge in [-0.25, -0.2) is 0 Å². The molecular weight excluding hydrogens is 340 g/mol. The molecule has 1 aliphatic heterocycles. The molecule has 2 N–H and O–H groups in total. The first-order chi connectivity index (χ1) is 12.8. The van der Waals surface area contributed by atoms with Crippen molar-refractivity contribution in [3.63, 3.8) is 0 Å². The lowest BCUT2D eigenvalue weighted by atomic mass is 10.0. The van der Waals surface area contributed by atoms with Crippen LogP contribution in [-0.4, -0.2) is 17.4 Å². The predicted octanol–water partition coefficient (Wildman–Crippen LogP) is 3.78. The van der Waals surface area contributed by atoms with E-state index in [0.29, 0.717) is 17.0 Å². The third-order valence-corrected chi connectivity index (χ3v) is 5.37. The van der Waals surface area contributed by atoms with Crippen LogP contribution in [0.4, 0.5) is 5.69 Å². The van der Waals surface area contributed by atoms with Crippen molar-refractivity contribution in [2.45, 2.75) is 51.7 Å². The Labute approximate surface area is 159 Å². The zero-order valence-corrected chi connectivity index (χ0v) is 15.9. The van der Waals surface area contributed by atoms with E-state index in [-0.39, 0.29) is 17.9 Å². The Balaban J connectivity index is 1.50. The number of rotatable bonds is 3. The van der Waals surface area contributed by atoms with Crippen molar-refractivity contribution >= 4 is 17.5 Å². The molecule has 0 bridgehead atoms. The molecule has 2 aliphatic rings. The molecule has 1 aliphatic carbocycles. The fraction of sp³-hybridized carbons (Fsp3) is 0.364. The molecule has 1 heterocycles. The number of carbonyl (C=O) groups is 2. The van der Waals surface area contributed by atoms with Crippen molar-refractivity contribution < 1.29 is 14.3 Å². The summed E-state index contributed by atoms with van der Waals surface area (Å²) in [5.41, 5.74) is 4.03. The number of nitrogens with one attached hydrogen (secondary N) is 2. The van der Waals surface area contributed by atoms with Gasteiger partial charge in [-0.1, -0.05) is 18.2 Å². The van der Waals surface area contributed by atoms with Gasteiger partial charge in [-0.2, -0.15) is 0 Å². The van der Waals surface area contributed by atoms with Crippen LogP contribution in [0.3, 0.4) is 0 Å². The Morgan fingerprint density at radius 3 is 2.74 bits per heavy atom. The van der Waals surface area contributed by atoms with Gasteiger partial charge in [0.2, 0.25) is 0 Å². The molecule has 27 heavy (non-hydrogen) atoms. The topological polar surface area (TPSA) is 67.4 Å². The molecule has 0 radical (unpaired) electrons. The number of carbonyl (C=O) groups excluding carboxylic acids is 2. The van der Waals surface area contributed by atoms with E-state index < -0.39 is 5.60 Å². The minimum Gasteiger partial charge on any atom is -0.476 e. The number of anilines is 1. The van der Waals surface area contributed by atoms with Gasteiger partial charge in [0.1, 0.15) is 5.75 Å². The van der Waals surface area contributed by atoms with E-state index in [4.69, 9.17) is 4.74 Å². The molecule has 0 saturated heterocycles. The van der Waals surface area contributed by atoms with E-state index in [1.807, 2.05) is 6.92 Å². The third kappa shape index (κ3) is 3.29. The van der Waals surface area contributed by atoms with E-state index in [2.05, 4.69) is 28.8 Å². The summed E-state index contributed by atoms with van der Waals surface area (Å²) in [6.07, 6.45) is 3.47. The lowest BCUT2D eigenvalue weighted by molar-refractivity contribution is -0.129. The monoisotopic (exact) mass is 364 g/mol. The summed E-state index contributed by atoms with van der Waals surface area (Å²) in [5.74, 6) is 0.173. The molecule has 5 nitrogen and oxygen atoms in total. The summed E-state index contributed by atoms with van der Waals surface area (Å²) in [6, 6.07) is 11.5. The number of hydrogen-bond donors (Lipinski definition) is 2. The zero-order valence-electron chi connectivity index (χ0n) is 15.9. The molecule has 0 aromatic heterocycles. The quantitative estimate of drug-likeness (QED) is 0.871. The summed E-state index contributed by atoms with van der Waals surface area (Å²) >= 11 is 0. The maximum absolute atomic E-state index is 12.7. The fourth-order valence-corrected chi connectivity index (χ4v) is 3.68. The van der Waals surface area contributed by atoms with E-state index in [9.17, 15) is 9.59 Å². The summed E-state index contributed by atoms with van der Waals surface area (Å²) in [5, 5.41) is 5.86. The number of ether oxygens (including phenoxy) is 1. The van der Waals surface area contributed by atoms with Crippen LogP contribution in [0.2, 0.25) is 0 Å². The molecule has 0 fully saturated rings. The Hall–Kier alpha value is -2.82. The minimum atomic E-state index is -0.918. The lowest BCUT2D eigenvalue weighted by Crippen LogP contribution is -2.45. The Morgan fingerprint density at radius 2 is 1.93 bits per heavy atom. The van der Waals surface area contributed by atoms with Gasteiger partial charge in [-0.15, -0.1) is 0 Å². The van der Waals surface area contributed by atoms with Crippen molar-refractivity contribution in [2.24, 2.45) is 0 Å². The second-order valence-electron chi connectivity index (χ2n) is 7.85. The van der Waals surface area contributed by atoms with Crippen LogP contribution in [0.15, 0.2) is 36.4 Å². The first-order valence-electron chi connectivity index (χ1n) is 9.40. The Morgan fingerprint density at radius 1 is 1.15 bits per heavy atom. The maximum atomic E-state index is 12.7. The summed E-state index contributed by atoms with van der Waals surface area (Å²) in [7, 11) is 0. The first kappa shape index (κ1) is 17.6. The van der Waals surface area contributed by atoms with Crippen molar-refractivity contribution in [3.05, 3.63) is 58.7 Å². The highest BCUT2D eigenvalue weighted by atomic mass is 16.5. The second kappa shape index (κ2) is 6.41. The highest BCUT2D eigenvalue weighted by molar-refractivity contribution is 6.02. The van der Waals surface area contributed by atoms with E-state index in [0.717, 1.165) is 18.4 Å². The van der Waals surface area contributed by atoms with E-state index in [1.165, 1.54) is 17.5 Å². The molecule has 1 atom stereocenters. The standard InChI is InChI=1S/C22H24N2O3/c1-13(15-8-7-14-5-4-6-16(14)11-15)23-20(25)17-9-10-19-18(12-17)24-21(26)22(2,3)27-19/h7-13H,4-6H2,1-3H3,(H,23,25)(H,24,26)/t13-/m0/s1. The zero-order chi connectivity index (χ0) is 19.2. The molecule has 4 rings (SSSR count). The number of hydrogen-bond acceptors (Lipinski definition) is 3. The van der Waals surface area contributed by atoms with Crippen LogP contribution in [0.1, 0.15) is 60.3 Å². The van der Waals surface area contributed by atoms with Crippen LogP contribution in [0, 0.1) is 0 Å². The van der Waals surface area contributed by atoms with Crippen LogP contribution < -0.4 is 15.4 Å². The molecule has 0 unspecified atom stereocenters. The normalized spacial score (nSPS) is 18.0. The summed E-state index contributed by atoms with van der Waals surface area (Å²) < 4.78 is 5.72. The SMILES string of the molecule is C[C@H](NC(=O)c1ccc2c(c1)NC(=O)C(C)(C)O2)c1ccc2c(c1)CCC2. The van der Waals surface area contributed by atoms with Gasteiger partial charge in [0.05, 0.1) is 11.7 Å². The van der Waals surface area contributed by atoms with E-state index >= 15 is 0 Å². The smallest absolute Gasteiger partial charge is 0.268 e. The van der Waals surface area contributed by atoms with Crippen LogP contribution in [-0.2, 0) is 17.6 Å². The largest absolute Gasteiger partial charge is 0.476 e. The van der Waals surface area contributed by atoms with Gasteiger partial charge in [0.25, 0.3) is 11.8 Å². The summed E-state index contributed by atoms with van der Waals surface area (Å²) in [4.78, 5) is 24.8. The highest BCUT2D eigenvalue weighted by Gasteiger charge is 2.35. The predicted molar refractivity (Wildman–Crippen MR) is 104 cm³/mol. The number of fused-ring (bicyclic) bond motifs is 2. The molecule has 2 amide bonds. The number of amides is 2. The number of aryl methyl sites for hydroxylation is 2. The van der Waals surface area contributed by atoms with Gasteiger partial charge >= 0.3 is 0 Å². The van der Waals surface area contributed by atoms with Crippen LogP contribution in [0.5, 0.6) is 5.75 Å². The third-order valence-electron chi connectivity index (χ3n) is 5.37. The van der Waals surface area contributed by atoms with Gasteiger partial charge < -0.3 is 15.4 Å². The van der Waals surface area contributed by atoms with Gasteiger partial charge in [-0.3, -0.25) is 9.59 Å². The van der Waals surface area contributed by atoms with Crippen LogP contribution >= 0.6 is 0 Å². The second-order valence-corrected chi connectivity index (χ2v) is 7.85. The van der Waals surface area contributed by atoms with Gasteiger partial charge in [0, 0.05) is 5.56 Å². The molecular formula is C22H24N2O3. The molecule has 2 aromatic rings. The maximum Gasteiger partial charge on any atom is 0.268 e.